The van der Waals surface area contributed by atoms with Gasteiger partial charge in [0.25, 0.3) is 5.91 Å². The molecule has 3 amide bonds. The molecule has 0 aromatic heterocycles. The van der Waals surface area contributed by atoms with Crippen LogP contribution in [0.1, 0.15) is 34.3 Å². The largest absolute Gasteiger partial charge is 0.508 e. The lowest BCUT2D eigenvalue weighted by Gasteiger charge is -2.36. The van der Waals surface area contributed by atoms with Gasteiger partial charge in [-0.25, -0.2) is 4.39 Å². The number of fused-ring (bicyclic) bond motifs is 1. The molecule has 33 heavy (non-hydrogen) atoms. The van der Waals surface area contributed by atoms with Gasteiger partial charge in [0, 0.05) is 51.3 Å². The molecule has 0 aliphatic carbocycles. The Morgan fingerprint density at radius 1 is 1.06 bits per heavy atom. The van der Waals surface area contributed by atoms with E-state index in [0.29, 0.717) is 30.9 Å². The summed E-state index contributed by atoms with van der Waals surface area (Å²) in [6, 6.07) is 9.46. The van der Waals surface area contributed by atoms with Crippen LogP contribution in [-0.2, 0) is 22.7 Å². The van der Waals surface area contributed by atoms with E-state index in [2.05, 4.69) is 10.2 Å². The van der Waals surface area contributed by atoms with E-state index in [1.54, 1.807) is 18.2 Å². The molecular weight excluding hydrogens is 427 g/mol. The molecule has 2 N–H and O–H groups in total. The number of piperidine rings is 1. The molecule has 172 valence electrons. The fourth-order valence-electron chi connectivity index (χ4n) is 4.88. The Morgan fingerprint density at radius 3 is 2.58 bits per heavy atom. The molecule has 5 rings (SSSR count). The fraction of sp³-hybridized carbons (Fsp3) is 0.375. The average Bonchev–Trinajstić information content (AvgIpc) is 3.09. The van der Waals surface area contributed by atoms with Crippen molar-refractivity contribution < 1.29 is 23.9 Å². The fourth-order valence-corrected chi connectivity index (χ4v) is 4.88. The topological polar surface area (TPSA) is 93.2 Å². The van der Waals surface area contributed by atoms with E-state index < -0.39 is 17.8 Å². The van der Waals surface area contributed by atoms with Crippen LogP contribution in [0.4, 0.5) is 10.1 Å². The number of imide groups is 1. The Balaban J connectivity index is 1.27. The van der Waals surface area contributed by atoms with Gasteiger partial charge in [0.15, 0.2) is 0 Å². The smallest absolute Gasteiger partial charge is 0.255 e. The lowest BCUT2D eigenvalue weighted by molar-refractivity contribution is -0.136. The third-order valence-corrected chi connectivity index (χ3v) is 6.62. The van der Waals surface area contributed by atoms with E-state index in [4.69, 9.17) is 0 Å². The minimum atomic E-state index is -0.713. The monoisotopic (exact) mass is 452 g/mol. The normalized spacial score (nSPS) is 21.4. The quantitative estimate of drug-likeness (QED) is 0.685. The van der Waals surface area contributed by atoms with Crippen molar-refractivity contribution in [3.8, 4) is 5.75 Å². The van der Waals surface area contributed by atoms with Gasteiger partial charge in [0.2, 0.25) is 11.8 Å². The lowest BCUT2D eigenvalue weighted by Crippen LogP contribution is -2.52. The van der Waals surface area contributed by atoms with E-state index in [9.17, 15) is 19.5 Å². The first-order valence-corrected chi connectivity index (χ1v) is 11.1. The number of rotatable bonds is 4. The predicted molar refractivity (Wildman–Crippen MR) is 118 cm³/mol. The summed E-state index contributed by atoms with van der Waals surface area (Å²) in [5, 5.41) is 11.9. The number of aromatic hydroxyl groups is 1. The maximum absolute atomic E-state index is 15.0. The third kappa shape index (κ3) is 4.16. The summed E-state index contributed by atoms with van der Waals surface area (Å²) < 4.78 is 15.0. The first-order valence-electron chi connectivity index (χ1n) is 11.1. The van der Waals surface area contributed by atoms with Gasteiger partial charge in [-0.1, -0.05) is 12.1 Å². The second-order valence-corrected chi connectivity index (χ2v) is 8.79. The highest BCUT2D eigenvalue weighted by Crippen LogP contribution is 2.33. The molecule has 2 saturated heterocycles. The van der Waals surface area contributed by atoms with Gasteiger partial charge in [0.05, 0.1) is 5.69 Å². The van der Waals surface area contributed by atoms with Gasteiger partial charge < -0.3 is 14.9 Å². The van der Waals surface area contributed by atoms with Crippen LogP contribution in [0, 0.1) is 5.82 Å². The standard InChI is InChI=1S/C24H25FN4O4/c25-19-12-18-16(14-29(24(18)33)20-4-5-22(31)26-23(20)32)11-21(19)28-8-6-27(7-9-28)13-15-2-1-3-17(30)10-15/h1-3,10-12,20,30H,4-9,13-14H2,(H,26,31,32). The molecule has 2 fully saturated rings. The minimum absolute atomic E-state index is 0.184. The van der Waals surface area contributed by atoms with Crippen LogP contribution in [0.5, 0.6) is 5.75 Å². The van der Waals surface area contributed by atoms with Gasteiger partial charge in [-0.3, -0.25) is 24.6 Å². The summed E-state index contributed by atoms with van der Waals surface area (Å²) in [5.74, 6) is -1.39. The van der Waals surface area contributed by atoms with E-state index >= 15 is 4.39 Å². The number of phenolic OH excluding ortho intramolecular Hbond substituents is 1. The first kappa shape index (κ1) is 21.4. The number of benzene rings is 2. The van der Waals surface area contributed by atoms with Crippen molar-refractivity contribution in [3.63, 3.8) is 0 Å². The highest BCUT2D eigenvalue weighted by molar-refractivity contribution is 6.05. The Kier molecular flexibility index (Phi) is 5.49. The number of hydrogen-bond donors (Lipinski definition) is 2. The molecule has 0 saturated carbocycles. The molecule has 3 heterocycles. The van der Waals surface area contributed by atoms with E-state index in [-0.39, 0.29) is 42.5 Å². The Bertz CT molecular complexity index is 1130. The van der Waals surface area contributed by atoms with Crippen molar-refractivity contribution in [2.45, 2.75) is 32.0 Å². The molecule has 0 bridgehead atoms. The molecule has 8 nitrogen and oxygen atoms in total. The van der Waals surface area contributed by atoms with Crippen molar-refractivity contribution >= 4 is 23.4 Å². The lowest BCUT2D eigenvalue weighted by atomic mass is 10.0. The van der Waals surface area contributed by atoms with Gasteiger partial charge in [-0.05, 0) is 41.8 Å². The zero-order valence-electron chi connectivity index (χ0n) is 18.1. The van der Waals surface area contributed by atoms with Crippen LogP contribution < -0.4 is 10.2 Å². The maximum atomic E-state index is 15.0. The minimum Gasteiger partial charge on any atom is -0.508 e. The van der Waals surface area contributed by atoms with Crippen molar-refractivity contribution in [2.75, 3.05) is 31.1 Å². The molecule has 3 aliphatic rings. The van der Waals surface area contributed by atoms with Crippen LogP contribution in [0.3, 0.4) is 0 Å². The van der Waals surface area contributed by atoms with Crippen molar-refractivity contribution in [1.29, 1.82) is 0 Å². The van der Waals surface area contributed by atoms with E-state index in [1.165, 1.54) is 11.0 Å². The molecule has 0 radical (unpaired) electrons. The molecule has 3 aliphatic heterocycles. The second kappa shape index (κ2) is 8.47. The first-order chi connectivity index (χ1) is 15.9. The van der Waals surface area contributed by atoms with E-state index in [0.717, 1.165) is 18.7 Å². The number of anilines is 1. The number of carbonyl (C=O) groups is 3. The zero-order valence-corrected chi connectivity index (χ0v) is 18.1. The summed E-state index contributed by atoms with van der Waals surface area (Å²) in [6.45, 7) is 3.70. The Labute approximate surface area is 190 Å². The number of halogens is 1. The number of piperazine rings is 1. The van der Waals surface area contributed by atoms with E-state index in [1.807, 2.05) is 17.0 Å². The van der Waals surface area contributed by atoms with Gasteiger partial charge in [-0.15, -0.1) is 0 Å². The molecule has 0 spiro atoms. The summed E-state index contributed by atoms with van der Waals surface area (Å²) >= 11 is 0. The van der Waals surface area contributed by atoms with Crippen LogP contribution in [-0.4, -0.2) is 64.8 Å². The molecule has 2 aromatic rings. The van der Waals surface area contributed by atoms with Gasteiger partial charge >= 0.3 is 0 Å². The summed E-state index contributed by atoms with van der Waals surface area (Å²) in [4.78, 5) is 42.2. The summed E-state index contributed by atoms with van der Waals surface area (Å²) in [6.07, 6.45) is 0.462. The number of carbonyl (C=O) groups excluding carboxylic acids is 3. The van der Waals surface area contributed by atoms with Crippen molar-refractivity contribution in [3.05, 3.63) is 58.9 Å². The number of phenols is 1. The summed E-state index contributed by atoms with van der Waals surface area (Å²) in [7, 11) is 0. The van der Waals surface area contributed by atoms with Crippen LogP contribution >= 0.6 is 0 Å². The number of amides is 3. The third-order valence-electron chi connectivity index (χ3n) is 6.62. The predicted octanol–water partition coefficient (Wildman–Crippen LogP) is 1.61. The van der Waals surface area contributed by atoms with Gasteiger partial charge in [0.1, 0.15) is 17.6 Å². The van der Waals surface area contributed by atoms with Crippen molar-refractivity contribution in [2.24, 2.45) is 0 Å². The van der Waals surface area contributed by atoms with Crippen LogP contribution in [0.25, 0.3) is 0 Å². The second-order valence-electron chi connectivity index (χ2n) is 8.79. The van der Waals surface area contributed by atoms with Crippen molar-refractivity contribution in [1.82, 2.24) is 15.1 Å². The molecule has 2 aromatic carbocycles. The maximum Gasteiger partial charge on any atom is 0.255 e. The van der Waals surface area contributed by atoms with Gasteiger partial charge in [-0.2, -0.15) is 0 Å². The molecular formula is C24H25FN4O4. The molecule has 1 unspecified atom stereocenters. The molecule has 9 heteroatoms. The molecule has 1 atom stereocenters. The number of nitrogens with one attached hydrogen (secondary N) is 1. The number of hydrogen-bond acceptors (Lipinski definition) is 6. The zero-order chi connectivity index (χ0) is 23.1. The van der Waals surface area contributed by atoms with Crippen LogP contribution in [0.2, 0.25) is 0 Å². The SMILES string of the molecule is O=C1CCC(N2Cc3cc(N4CCN(Cc5cccc(O)c5)CC4)c(F)cc3C2=O)C(=O)N1. The number of nitrogens with zero attached hydrogens (tertiary/aromatic N) is 3. The Morgan fingerprint density at radius 2 is 1.85 bits per heavy atom. The average molecular weight is 452 g/mol. The Hall–Kier alpha value is -3.46. The summed E-state index contributed by atoms with van der Waals surface area (Å²) in [5.41, 5.74) is 2.47. The van der Waals surface area contributed by atoms with Crippen LogP contribution in [0.15, 0.2) is 36.4 Å². The highest BCUT2D eigenvalue weighted by atomic mass is 19.1. The highest BCUT2D eigenvalue weighted by Gasteiger charge is 2.39.